The zero-order chi connectivity index (χ0) is 15.1. The summed E-state index contributed by atoms with van der Waals surface area (Å²) < 4.78 is 5.24. The van der Waals surface area contributed by atoms with Crippen molar-refractivity contribution >= 4 is 11.6 Å². The Kier molecular flexibility index (Phi) is 5.62. The van der Waals surface area contributed by atoms with Crippen LogP contribution >= 0.6 is 11.6 Å². The molecule has 2 aromatic rings. The van der Waals surface area contributed by atoms with E-state index < -0.39 is 0 Å². The van der Waals surface area contributed by atoms with Gasteiger partial charge in [0.05, 0.1) is 0 Å². The molecule has 0 amide bonds. The van der Waals surface area contributed by atoms with Crippen molar-refractivity contribution in [2.24, 2.45) is 0 Å². The lowest BCUT2D eigenvalue weighted by atomic mass is 10.1. The van der Waals surface area contributed by atoms with Crippen molar-refractivity contribution in [3.8, 4) is 11.8 Å². The van der Waals surface area contributed by atoms with E-state index in [1.54, 1.807) is 0 Å². The highest BCUT2D eigenvalue weighted by atomic mass is 35.5. The van der Waals surface area contributed by atoms with E-state index in [0.29, 0.717) is 12.3 Å². The van der Waals surface area contributed by atoms with E-state index in [4.69, 9.17) is 21.6 Å². The summed E-state index contributed by atoms with van der Waals surface area (Å²) in [6, 6.07) is 17.7. The highest BCUT2D eigenvalue weighted by Gasteiger charge is 2.06. The fourth-order valence-corrected chi connectivity index (χ4v) is 2.19. The minimum absolute atomic E-state index is 0.0691. The largest absolute Gasteiger partial charge is 0.479 e. The van der Waals surface area contributed by atoms with E-state index in [9.17, 15) is 0 Å². The molecule has 2 rings (SSSR count). The summed E-state index contributed by atoms with van der Waals surface area (Å²) in [7, 11) is 0. The number of nitrogens with one attached hydrogen (secondary N) is 1. The van der Waals surface area contributed by atoms with Crippen molar-refractivity contribution in [1.29, 1.82) is 5.26 Å². The van der Waals surface area contributed by atoms with Crippen molar-refractivity contribution in [2.45, 2.75) is 19.5 Å². The van der Waals surface area contributed by atoms with Crippen LogP contribution in [0.2, 0.25) is 5.02 Å². The van der Waals surface area contributed by atoms with Crippen LogP contribution in [0.3, 0.4) is 0 Å². The fourth-order valence-electron chi connectivity index (χ4n) is 1.99. The van der Waals surface area contributed by atoms with Gasteiger partial charge in [-0.25, -0.2) is 0 Å². The third kappa shape index (κ3) is 4.49. The molecule has 4 heteroatoms. The van der Waals surface area contributed by atoms with E-state index in [1.807, 2.05) is 54.6 Å². The van der Waals surface area contributed by atoms with Crippen LogP contribution in [-0.4, -0.2) is 6.61 Å². The number of rotatable bonds is 6. The first kappa shape index (κ1) is 15.4. The van der Waals surface area contributed by atoms with Crippen molar-refractivity contribution in [1.82, 2.24) is 5.32 Å². The smallest absolute Gasteiger partial charge is 0.174 e. The summed E-state index contributed by atoms with van der Waals surface area (Å²) in [4.78, 5) is 0. The summed E-state index contributed by atoms with van der Waals surface area (Å²) in [6.45, 7) is 2.88. The van der Waals surface area contributed by atoms with Crippen molar-refractivity contribution in [3.63, 3.8) is 0 Å². The number of hydrogen-bond acceptors (Lipinski definition) is 3. The van der Waals surface area contributed by atoms with Crippen molar-refractivity contribution in [2.75, 3.05) is 6.61 Å². The topological polar surface area (TPSA) is 45.0 Å². The van der Waals surface area contributed by atoms with Gasteiger partial charge in [-0.1, -0.05) is 41.9 Å². The van der Waals surface area contributed by atoms with Gasteiger partial charge in [0.25, 0.3) is 0 Å². The van der Waals surface area contributed by atoms with Crippen LogP contribution in [0.1, 0.15) is 24.1 Å². The molecule has 2 aromatic carbocycles. The average Bonchev–Trinajstić information content (AvgIpc) is 2.52. The van der Waals surface area contributed by atoms with E-state index in [1.165, 1.54) is 0 Å². The highest BCUT2D eigenvalue weighted by Crippen LogP contribution is 2.19. The van der Waals surface area contributed by atoms with Gasteiger partial charge in [0.2, 0.25) is 0 Å². The molecule has 0 aromatic heterocycles. The zero-order valence-corrected chi connectivity index (χ0v) is 12.6. The highest BCUT2D eigenvalue weighted by molar-refractivity contribution is 6.31. The molecule has 0 spiro atoms. The Morgan fingerprint density at radius 3 is 2.57 bits per heavy atom. The second-order valence-corrected chi connectivity index (χ2v) is 5.12. The van der Waals surface area contributed by atoms with Gasteiger partial charge >= 0.3 is 0 Å². The predicted octanol–water partition coefficient (Wildman–Crippen LogP) is 4.09. The maximum atomic E-state index is 8.48. The Bertz CT molecular complexity index is 619. The molecule has 108 valence electrons. The summed E-state index contributed by atoms with van der Waals surface area (Å²) in [5.41, 5.74) is 2.24. The first-order chi connectivity index (χ1) is 10.2. The molecule has 0 heterocycles. The minimum Gasteiger partial charge on any atom is -0.479 e. The van der Waals surface area contributed by atoms with Gasteiger partial charge in [0, 0.05) is 17.6 Å². The molecule has 1 unspecified atom stereocenters. The van der Waals surface area contributed by atoms with Crippen LogP contribution < -0.4 is 10.1 Å². The molecule has 1 atom stereocenters. The van der Waals surface area contributed by atoms with Gasteiger partial charge in [0.1, 0.15) is 11.8 Å². The molecule has 0 bridgehead atoms. The number of halogens is 1. The Morgan fingerprint density at radius 1 is 1.19 bits per heavy atom. The molecule has 0 aliphatic carbocycles. The lowest BCUT2D eigenvalue weighted by molar-refractivity contribution is 0.368. The molecule has 0 aliphatic heterocycles. The molecular weight excluding hydrogens is 284 g/mol. The summed E-state index contributed by atoms with van der Waals surface area (Å²) in [5, 5.41) is 12.7. The summed E-state index contributed by atoms with van der Waals surface area (Å²) in [6.07, 6.45) is 0. The molecule has 0 fully saturated rings. The lowest BCUT2D eigenvalue weighted by Gasteiger charge is -2.15. The Morgan fingerprint density at radius 2 is 1.90 bits per heavy atom. The molecule has 0 radical (unpaired) electrons. The van der Waals surface area contributed by atoms with Gasteiger partial charge in [0.15, 0.2) is 6.61 Å². The minimum atomic E-state index is 0.0691. The number of benzene rings is 2. The maximum Gasteiger partial charge on any atom is 0.174 e. The zero-order valence-electron chi connectivity index (χ0n) is 11.8. The third-order valence-electron chi connectivity index (χ3n) is 3.24. The van der Waals surface area contributed by atoms with E-state index in [0.717, 1.165) is 16.1 Å². The van der Waals surface area contributed by atoms with Crippen LogP contribution in [0.25, 0.3) is 0 Å². The van der Waals surface area contributed by atoms with Gasteiger partial charge in [-0.05, 0) is 36.2 Å². The summed E-state index contributed by atoms with van der Waals surface area (Å²) >= 11 is 6.14. The standard InChI is InChI=1S/C17H17ClN2O/c1-13(20-12-15-4-2-3-5-17(15)18)14-6-8-16(9-7-14)21-11-10-19/h2-9,13,20H,11-12H2,1H3. The van der Waals surface area contributed by atoms with E-state index >= 15 is 0 Å². The van der Waals surface area contributed by atoms with Crippen LogP contribution in [0.5, 0.6) is 5.75 Å². The number of ether oxygens (including phenoxy) is 1. The normalized spacial score (nSPS) is 11.7. The lowest BCUT2D eigenvalue weighted by Crippen LogP contribution is -2.18. The van der Waals surface area contributed by atoms with Crippen molar-refractivity contribution in [3.05, 3.63) is 64.7 Å². The Labute approximate surface area is 130 Å². The molecule has 1 N–H and O–H groups in total. The Hall–Kier alpha value is -2.02. The predicted molar refractivity (Wildman–Crippen MR) is 84.3 cm³/mol. The number of nitrogens with zero attached hydrogens (tertiary/aromatic N) is 1. The van der Waals surface area contributed by atoms with Crippen LogP contribution in [0, 0.1) is 11.3 Å². The molecular formula is C17H17ClN2O. The fraction of sp³-hybridized carbons (Fsp3) is 0.235. The van der Waals surface area contributed by atoms with Gasteiger partial charge in [-0.3, -0.25) is 0 Å². The van der Waals surface area contributed by atoms with Gasteiger partial charge in [-0.2, -0.15) is 5.26 Å². The second kappa shape index (κ2) is 7.68. The first-order valence-corrected chi connectivity index (χ1v) is 7.15. The number of nitriles is 1. The second-order valence-electron chi connectivity index (χ2n) is 4.71. The molecule has 3 nitrogen and oxygen atoms in total. The number of hydrogen-bond donors (Lipinski definition) is 1. The maximum absolute atomic E-state index is 8.48. The quantitative estimate of drug-likeness (QED) is 0.874. The third-order valence-corrected chi connectivity index (χ3v) is 3.61. The molecule has 0 aliphatic rings. The van der Waals surface area contributed by atoms with E-state index in [-0.39, 0.29) is 12.6 Å². The Balaban J connectivity index is 1.93. The summed E-state index contributed by atoms with van der Waals surface area (Å²) in [5.74, 6) is 0.707. The van der Waals surface area contributed by atoms with E-state index in [2.05, 4.69) is 12.2 Å². The first-order valence-electron chi connectivity index (χ1n) is 6.77. The van der Waals surface area contributed by atoms with Gasteiger partial charge in [-0.15, -0.1) is 0 Å². The monoisotopic (exact) mass is 300 g/mol. The average molecular weight is 301 g/mol. The van der Waals surface area contributed by atoms with Crippen LogP contribution in [-0.2, 0) is 6.54 Å². The molecule has 0 saturated heterocycles. The van der Waals surface area contributed by atoms with Gasteiger partial charge < -0.3 is 10.1 Å². The SMILES string of the molecule is CC(NCc1ccccc1Cl)c1ccc(OCC#N)cc1. The molecule has 0 saturated carbocycles. The van der Waals surface area contributed by atoms with Crippen LogP contribution in [0.15, 0.2) is 48.5 Å². The van der Waals surface area contributed by atoms with Crippen molar-refractivity contribution < 1.29 is 4.74 Å². The van der Waals surface area contributed by atoms with Crippen LogP contribution in [0.4, 0.5) is 0 Å². The molecule has 21 heavy (non-hydrogen) atoms.